The quantitative estimate of drug-likeness (QED) is 0.587. The number of methoxy groups -OCH3 is 1. The van der Waals surface area contributed by atoms with Crippen LogP contribution in [0.25, 0.3) is 0 Å². The van der Waals surface area contributed by atoms with Crippen LogP contribution in [0.1, 0.15) is 58.8 Å². The summed E-state index contributed by atoms with van der Waals surface area (Å²) in [5.41, 5.74) is 1.59. The number of fused-ring (bicyclic) bond motifs is 5. The van der Waals surface area contributed by atoms with Gasteiger partial charge in [-0.05, 0) is 61.9 Å². The van der Waals surface area contributed by atoms with E-state index < -0.39 is 29.5 Å². The maximum atomic E-state index is 13.6. The van der Waals surface area contributed by atoms with E-state index in [1.807, 2.05) is 13.0 Å². The number of hydrogen-bond donors (Lipinski definition) is 3. The number of ether oxygens (including phenoxy) is 1. The topological polar surface area (TPSA) is 125 Å². The summed E-state index contributed by atoms with van der Waals surface area (Å²) in [6, 6.07) is 0. The van der Waals surface area contributed by atoms with Crippen molar-refractivity contribution in [2.45, 2.75) is 64.4 Å². The highest BCUT2D eigenvalue weighted by Crippen LogP contribution is 2.66. The molecule has 0 aliphatic heterocycles. The van der Waals surface area contributed by atoms with Gasteiger partial charge >= 0.3 is 6.09 Å². The lowest BCUT2D eigenvalue weighted by atomic mass is 9.46. The normalized spacial score (nSPS) is 42.9. The Morgan fingerprint density at radius 1 is 1.26 bits per heavy atom. The number of amides is 1. The van der Waals surface area contributed by atoms with Gasteiger partial charge in [0, 0.05) is 17.8 Å². The molecule has 0 aromatic rings. The number of allylic oxidation sites excluding steroid dienone is 2. The summed E-state index contributed by atoms with van der Waals surface area (Å²) in [7, 11) is 1.29. The lowest BCUT2D eigenvalue weighted by Gasteiger charge is -2.57. The standard InChI is InChI=1S/C23H32N2O6/c1-21-8-6-14(24-25-20(29)31-3)10-13(21)4-5-15-16-7-9-23(30,18(28)12-26)22(16,2)11-17(27)19(15)21/h10,15-16,19,26,30H,4-9,11-12H2,1-3H3,(H,25,29)/t15-,16-,19+,21-,22-,23-/m0/s1. The second-order valence-electron chi connectivity index (χ2n) is 10.1. The van der Waals surface area contributed by atoms with Crippen LogP contribution in [-0.4, -0.2) is 52.9 Å². The molecule has 170 valence electrons. The van der Waals surface area contributed by atoms with E-state index in [1.54, 1.807) is 0 Å². The van der Waals surface area contributed by atoms with Crippen molar-refractivity contribution in [2.24, 2.45) is 33.7 Å². The fourth-order valence-electron chi connectivity index (χ4n) is 7.24. The third kappa shape index (κ3) is 3.09. The summed E-state index contributed by atoms with van der Waals surface area (Å²) < 4.78 is 4.56. The van der Waals surface area contributed by atoms with Crippen molar-refractivity contribution in [3.8, 4) is 0 Å². The second-order valence-corrected chi connectivity index (χ2v) is 10.1. The molecular weight excluding hydrogens is 400 g/mol. The third-order valence-electron chi connectivity index (χ3n) is 8.90. The summed E-state index contributed by atoms with van der Waals surface area (Å²) in [4.78, 5) is 37.3. The lowest BCUT2D eigenvalue weighted by molar-refractivity contribution is -0.170. The zero-order valence-electron chi connectivity index (χ0n) is 18.4. The molecule has 1 amide bonds. The van der Waals surface area contributed by atoms with Crippen LogP contribution in [0.5, 0.6) is 0 Å². The first-order valence-corrected chi connectivity index (χ1v) is 11.1. The average Bonchev–Trinajstić information content (AvgIpc) is 3.02. The molecule has 4 aliphatic rings. The van der Waals surface area contributed by atoms with Crippen molar-refractivity contribution in [3.05, 3.63) is 11.6 Å². The molecule has 0 unspecified atom stereocenters. The van der Waals surface area contributed by atoms with Gasteiger partial charge in [-0.15, -0.1) is 0 Å². The predicted molar refractivity (Wildman–Crippen MR) is 112 cm³/mol. The van der Waals surface area contributed by atoms with Crippen molar-refractivity contribution in [1.29, 1.82) is 0 Å². The number of nitrogens with one attached hydrogen (secondary N) is 1. The molecule has 4 rings (SSSR count). The van der Waals surface area contributed by atoms with Gasteiger partial charge in [-0.3, -0.25) is 9.59 Å². The van der Waals surface area contributed by atoms with Crippen LogP contribution in [0.15, 0.2) is 16.8 Å². The maximum absolute atomic E-state index is 13.6. The minimum atomic E-state index is -1.63. The number of aliphatic hydroxyl groups excluding tert-OH is 1. The summed E-state index contributed by atoms with van der Waals surface area (Å²) in [6.45, 7) is 3.32. The highest BCUT2D eigenvalue weighted by atomic mass is 16.5. The maximum Gasteiger partial charge on any atom is 0.427 e. The molecule has 31 heavy (non-hydrogen) atoms. The molecule has 0 radical (unpaired) electrons. The highest BCUT2D eigenvalue weighted by Gasteiger charge is 2.68. The number of aliphatic hydroxyl groups is 2. The number of Topliss-reactive ketones (excluding diaryl/α,β-unsaturated/α-hetero) is 2. The van der Waals surface area contributed by atoms with Crippen LogP contribution in [0, 0.1) is 28.6 Å². The first kappa shape index (κ1) is 22.1. The van der Waals surface area contributed by atoms with Crippen LogP contribution >= 0.6 is 0 Å². The van der Waals surface area contributed by atoms with Crippen LogP contribution in [0.4, 0.5) is 4.79 Å². The Balaban J connectivity index is 1.64. The first-order chi connectivity index (χ1) is 14.6. The van der Waals surface area contributed by atoms with Crippen molar-refractivity contribution in [2.75, 3.05) is 13.7 Å². The summed E-state index contributed by atoms with van der Waals surface area (Å²) in [5, 5.41) is 24.8. The van der Waals surface area contributed by atoms with E-state index in [1.165, 1.54) is 12.7 Å². The molecule has 6 atom stereocenters. The Morgan fingerprint density at radius 2 is 2.00 bits per heavy atom. The van der Waals surface area contributed by atoms with E-state index in [0.29, 0.717) is 19.3 Å². The fourth-order valence-corrected chi connectivity index (χ4v) is 7.24. The number of nitrogens with zero attached hydrogens (tertiary/aromatic N) is 1. The first-order valence-electron chi connectivity index (χ1n) is 11.1. The van der Waals surface area contributed by atoms with Crippen LogP contribution in [-0.2, 0) is 14.3 Å². The van der Waals surface area contributed by atoms with Gasteiger partial charge in [-0.2, -0.15) is 5.10 Å². The smallest absolute Gasteiger partial charge is 0.427 e. The third-order valence-corrected chi connectivity index (χ3v) is 8.90. The van der Waals surface area contributed by atoms with E-state index in [9.17, 15) is 24.6 Å². The summed E-state index contributed by atoms with van der Waals surface area (Å²) in [5.74, 6) is -0.419. The second kappa shape index (κ2) is 7.52. The van der Waals surface area contributed by atoms with Gasteiger partial charge in [0.15, 0.2) is 5.78 Å². The molecule has 0 aromatic heterocycles. The molecule has 0 heterocycles. The fraction of sp³-hybridized carbons (Fsp3) is 0.739. The number of carbonyl (C=O) groups excluding carboxylic acids is 3. The van der Waals surface area contributed by atoms with Crippen LogP contribution in [0.3, 0.4) is 0 Å². The van der Waals surface area contributed by atoms with Gasteiger partial charge in [0.2, 0.25) is 0 Å². The molecule has 3 saturated carbocycles. The van der Waals surface area contributed by atoms with Crippen molar-refractivity contribution < 1.29 is 29.3 Å². The zero-order chi connectivity index (χ0) is 22.6. The van der Waals surface area contributed by atoms with Gasteiger partial charge in [0.05, 0.1) is 12.8 Å². The van der Waals surface area contributed by atoms with Crippen molar-refractivity contribution >= 4 is 23.4 Å². The predicted octanol–water partition coefficient (Wildman–Crippen LogP) is 2.13. The number of carbonyl (C=O) groups is 3. The molecule has 8 nitrogen and oxygen atoms in total. The van der Waals surface area contributed by atoms with E-state index in [0.717, 1.165) is 25.0 Å². The lowest BCUT2D eigenvalue weighted by Crippen LogP contribution is -2.60. The van der Waals surface area contributed by atoms with E-state index >= 15 is 0 Å². The van der Waals surface area contributed by atoms with Crippen LogP contribution < -0.4 is 5.43 Å². The van der Waals surface area contributed by atoms with Crippen molar-refractivity contribution in [1.82, 2.24) is 5.43 Å². The molecule has 0 spiro atoms. The Morgan fingerprint density at radius 3 is 2.68 bits per heavy atom. The SMILES string of the molecule is COC(=O)NN=C1C=C2CC[C@@H]3[C@H](C(=O)C[C@@]4(C)[C@H]3CC[C@]4(O)C(=O)CO)[C@@]2(C)CC1. The summed E-state index contributed by atoms with van der Waals surface area (Å²) >= 11 is 0. The monoisotopic (exact) mass is 432 g/mol. The minimum absolute atomic E-state index is 0.0742. The number of hydrogen-bond acceptors (Lipinski definition) is 7. The molecule has 3 N–H and O–H groups in total. The van der Waals surface area contributed by atoms with E-state index in [4.69, 9.17) is 0 Å². The van der Waals surface area contributed by atoms with E-state index in [-0.39, 0.29) is 35.4 Å². The minimum Gasteiger partial charge on any atom is -0.452 e. The molecule has 0 bridgehead atoms. The van der Waals surface area contributed by atoms with Gasteiger partial charge in [-0.25, -0.2) is 10.2 Å². The Labute approximate surface area is 182 Å². The van der Waals surface area contributed by atoms with Crippen molar-refractivity contribution in [3.63, 3.8) is 0 Å². The summed E-state index contributed by atoms with van der Waals surface area (Å²) in [6.07, 6.45) is 5.60. The van der Waals surface area contributed by atoms with Gasteiger partial charge in [-0.1, -0.05) is 19.4 Å². The average molecular weight is 433 g/mol. The largest absolute Gasteiger partial charge is 0.452 e. The Bertz CT molecular complexity index is 881. The highest BCUT2D eigenvalue weighted by molar-refractivity contribution is 5.98. The Hall–Kier alpha value is -2.06. The molecule has 3 fully saturated rings. The van der Waals surface area contributed by atoms with Crippen LogP contribution in [0.2, 0.25) is 0 Å². The van der Waals surface area contributed by atoms with E-state index in [2.05, 4.69) is 22.2 Å². The molecule has 8 heteroatoms. The van der Waals surface area contributed by atoms with Gasteiger partial charge in [0.25, 0.3) is 0 Å². The molecule has 0 aromatic carbocycles. The molecule has 4 aliphatic carbocycles. The number of rotatable bonds is 3. The zero-order valence-corrected chi connectivity index (χ0v) is 18.4. The van der Waals surface area contributed by atoms with Gasteiger partial charge in [0.1, 0.15) is 18.0 Å². The molecule has 0 saturated heterocycles. The number of ketones is 2. The number of hydrazone groups is 1. The Kier molecular flexibility index (Phi) is 5.37. The molecular formula is C23H32N2O6. The van der Waals surface area contributed by atoms with Gasteiger partial charge < -0.3 is 14.9 Å².